The predicted molar refractivity (Wildman–Crippen MR) is 116 cm³/mol. The van der Waals surface area contributed by atoms with Crippen LogP contribution >= 0.6 is 22.9 Å². The van der Waals surface area contributed by atoms with Gasteiger partial charge in [0.2, 0.25) is 0 Å². The van der Waals surface area contributed by atoms with E-state index < -0.39 is 0 Å². The maximum Gasteiger partial charge on any atom is 0.269 e. The van der Waals surface area contributed by atoms with Gasteiger partial charge in [0.05, 0.1) is 10.2 Å². The number of carbonyl (C=O) groups is 1. The van der Waals surface area contributed by atoms with Crippen LogP contribution < -0.4 is 15.4 Å². The first-order valence-corrected chi connectivity index (χ1v) is 10.1. The molecule has 0 aliphatic rings. The Morgan fingerprint density at radius 1 is 1.14 bits per heavy atom. The minimum absolute atomic E-state index is 0.261. The molecule has 0 spiro atoms. The van der Waals surface area contributed by atoms with Crippen LogP contribution in [0.4, 0.5) is 5.13 Å². The van der Waals surface area contributed by atoms with Crippen molar-refractivity contribution in [2.75, 3.05) is 12.4 Å². The summed E-state index contributed by atoms with van der Waals surface area (Å²) in [5.41, 5.74) is 2.20. The molecule has 1 amide bonds. The van der Waals surface area contributed by atoms with Crippen molar-refractivity contribution in [1.82, 2.24) is 15.3 Å². The summed E-state index contributed by atoms with van der Waals surface area (Å²) in [7, 11) is 1.56. The lowest BCUT2D eigenvalue weighted by molar-refractivity contribution is 0.0958. The number of hydrogen-bond acceptors (Lipinski definition) is 6. The van der Waals surface area contributed by atoms with E-state index in [1.54, 1.807) is 25.4 Å². The minimum Gasteiger partial charge on any atom is -0.457 e. The summed E-state index contributed by atoms with van der Waals surface area (Å²) in [5, 5.41) is 7.40. The Bertz CT molecular complexity index is 1180. The normalized spacial score (nSPS) is 10.7. The van der Waals surface area contributed by atoms with Crippen LogP contribution in [0, 0.1) is 0 Å². The van der Waals surface area contributed by atoms with Crippen molar-refractivity contribution < 1.29 is 9.53 Å². The van der Waals surface area contributed by atoms with Crippen LogP contribution in [0.25, 0.3) is 10.2 Å². The molecule has 0 aliphatic heterocycles. The lowest BCUT2D eigenvalue weighted by Gasteiger charge is -2.06. The standard InChI is InChI=1S/C21H17ClN4O2S/c1-23-20(27)18-10-15(8-9-24-18)28-14-6-7-17-19(11-14)29-21(26-17)25-12-13-4-2-3-5-16(13)22/h2-11H,12H2,1H3,(H,23,27)(H,25,26). The van der Waals surface area contributed by atoms with Gasteiger partial charge < -0.3 is 15.4 Å². The molecule has 8 heteroatoms. The zero-order valence-corrected chi connectivity index (χ0v) is 17.1. The number of halogens is 1. The van der Waals surface area contributed by atoms with Gasteiger partial charge in [0, 0.05) is 36.9 Å². The molecule has 146 valence electrons. The van der Waals surface area contributed by atoms with E-state index in [2.05, 4.69) is 20.6 Å². The van der Waals surface area contributed by atoms with E-state index in [0.717, 1.165) is 25.9 Å². The number of anilines is 1. The Morgan fingerprint density at radius 2 is 1.97 bits per heavy atom. The highest BCUT2D eigenvalue weighted by Gasteiger charge is 2.09. The fourth-order valence-corrected chi connectivity index (χ4v) is 3.81. The van der Waals surface area contributed by atoms with Crippen LogP contribution in [-0.4, -0.2) is 22.9 Å². The topological polar surface area (TPSA) is 76.1 Å². The highest BCUT2D eigenvalue weighted by atomic mass is 35.5. The molecular weight excluding hydrogens is 408 g/mol. The van der Waals surface area contributed by atoms with E-state index in [-0.39, 0.29) is 5.91 Å². The monoisotopic (exact) mass is 424 g/mol. The summed E-state index contributed by atoms with van der Waals surface area (Å²) < 4.78 is 6.89. The number of fused-ring (bicyclic) bond motifs is 1. The van der Waals surface area contributed by atoms with Gasteiger partial charge in [-0.25, -0.2) is 4.98 Å². The number of carbonyl (C=O) groups excluding carboxylic acids is 1. The second kappa shape index (κ2) is 8.46. The zero-order chi connectivity index (χ0) is 20.2. The predicted octanol–water partition coefficient (Wildman–Crippen LogP) is 5.11. The minimum atomic E-state index is -0.261. The first-order chi connectivity index (χ1) is 14.1. The van der Waals surface area contributed by atoms with E-state index in [1.165, 1.54) is 11.3 Å². The third-order valence-electron chi connectivity index (χ3n) is 4.17. The number of aromatic nitrogens is 2. The number of nitrogens with one attached hydrogen (secondary N) is 2. The molecule has 2 aromatic heterocycles. The molecule has 29 heavy (non-hydrogen) atoms. The third kappa shape index (κ3) is 4.47. The molecule has 0 fully saturated rings. The molecule has 0 bridgehead atoms. The number of amides is 1. The summed E-state index contributed by atoms with van der Waals surface area (Å²) >= 11 is 7.74. The van der Waals surface area contributed by atoms with Crippen LogP contribution in [-0.2, 0) is 6.54 Å². The van der Waals surface area contributed by atoms with E-state index >= 15 is 0 Å². The van der Waals surface area contributed by atoms with Crippen molar-refractivity contribution in [2.24, 2.45) is 0 Å². The summed E-state index contributed by atoms with van der Waals surface area (Å²) in [5.74, 6) is 0.940. The highest BCUT2D eigenvalue weighted by Crippen LogP contribution is 2.31. The van der Waals surface area contributed by atoms with Gasteiger partial charge in [-0.1, -0.05) is 41.1 Å². The van der Waals surface area contributed by atoms with Gasteiger partial charge in [-0.15, -0.1) is 0 Å². The Labute approximate surface area is 176 Å². The van der Waals surface area contributed by atoms with Crippen molar-refractivity contribution in [3.8, 4) is 11.5 Å². The van der Waals surface area contributed by atoms with E-state index in [0.29, 0.717) is 23.7 Å². The Hall–Kier alpha value is -3.16. The van der Waals surface area contributed by atoms with Gasteiger partial charge in [0.1, 0.15) is 17.2 Å². The molecule has 4 rings (SSSR count). The second-order valence-electron chi connectivity index (χ2n) is 6.15. The molecule has 2 N–H and O–H groups in total. The number of rotatable bonds is 6. The molecule has 0 aliphatic carbocycles. The Kier molecular flexibility index (Phi) is 5.59. The molecule has 0 radical (unpaired) electrons. The SMILES string of the molecule is CNC(=O)c1cc(Oc2ccc3nc(NCc4ccccc4Cl)sc3c2)ccn1. The van der Waals surface area contributed by atoms with Gasteiger partial charge in [0.15, 0.2) is 5.13 Å². The van der Waals surface area contributed by atoms with E-state index in [9.17, 15) is 4.79 Å². The van der Waals surface area contributed by atoms with Crippen molar-refractivity contribution in [2.45, 2.75) is 6.54 Å². The number of hydrogen-bond donors (Lipinski definition) is 2. The number of thiazole rings is 1. The summed E-state index contributed by atoms with van der Waals surface area (Å²) in [6, 6.07) is 16.7. The molecule has 0 unspecified atom stereocenters. The van der Waals surface area contributed by atoms with Crippen LogP contribution in [0.3, 0.4) is 0 Å². The summed E-state index contributed by atoms with van der Waals surface area (Å²) in [6.07, 6.45) is 1.54. The van der Waals surface area contributed by atoms with Gasteiger partial charge in [-0.3, -0.25) is 9.78 Å². The molecule has 2 heterocycles. The fourth-order valence-electron chi connectivity index (χ4n) is 2.72. The number of nitrogens with zero attached hydrogens (tertiary/aromatic N) is 2. The maximum absolute atomic E-state index is 11.7. The maximum atomic E-state index is 11.7. The van der Waals surface area contributed by atoms with Gasteiger partial charge >= 0.3 is 0 Å². The Balaban J connectivity index is 1.50. The zero-order valence-electron chi connectivity index (χ0n) is 15.5. The third-order valence-corrected chi connectivity index (χ3v) is 5.52. The van der Waals surface area contributed by atoms with E-state index in [4.69, 9.17) is 16.3 Å². The van der Waals surface area contributed by atoms with Gasteiger partial charge in [-0.2, -0.15) is 0 Å². The molecular formula is C21H17ClN4O2S. The molecule has 0 saturated carbocycles. The van der Waals surface area contributed by atoms with E-state index in [1.807, 2.05) is 42.5 Å². The largest absolute Gasteiger partial charge is 0.457 e. The lowest BCUT2D eigenvalue weighted by atomic mass is 10.2. The van der Waals surface area contributed by atoms with Crippen molar-refractivity contribution >= 4 is 44.2 Å². The first-order valence-electron chi connectivity index (χ1n) is 8.86. The van der Waals surface area contributed by atoms with Gasteiger partial charge in [0.25, 0.3) is 5.91 Å². The van der Waals surface area contributed by atoms with Crippen molar-refractivity contribution in [3.63, 3.8) is 0 Å². The van der Waals surface area contributed by atoms with Crippen LogP contribution in [0.15, 0.2) is 60.8 Å². The summed E-state index contributed by atoms with van der Waals surface area (Å²) in [4.78, 5) is 20.4. The molecule has 0 atom stereocenters. The second-order valence-corrected chi connectivity index (χ2v) is 7.59. The number of pyridine rings is 1. The number of ether oxygens (including phenoxy) is 1. The van der Waals surface area contributed by atoms with Crippen LogP contribution in [0.1, 0.15) is 16.1 Å². The van der Waals surface area contributed by atoms with Gasteiger partial charge in [-0.05, 0) is 29.8 Å². The quantitative estimate of drug-likeness (QED) is 0.450. The highest BCUT2D eigenvalue weighted by molar-refractivity contribution is 7.22. The first kappa shape index (κ1) is 19.2. The number of benzene rings is 2. The molecule has 0 saturated heterocycles. The fraction of sp³-hybridized carbons (Fsp3) is 0.0952. The average molecular weight is 425 g/mol. The summed E-state index contributed by atoms with van der Waals surface area (Å²) in [6.45, 7) is 0.599. The molecule has 4 aromatic rings. The van der Waals surface area contributed by atoms with Crippen LogP contribution in [0.2, 0.25) is 5.02 Å². The Morgan fingerprint density at radius 3 is 2.79 bits per heavy atom. The van der Waals surface area contributed by atoms with Crippen molar-refractivity contribution in [1.29, 1.82) is 0 Å². The average Bonchev–Trinajstić information content (AvgIpc) is 3.15. The van der Waals surface area contributed by atoms with Crippen molar-refractivity contribution in [3.05, 3.63) is 77.1 Å². The molecule has 2 aromatic carbocycles. The smallest absolute Gasteiger partial charge is 0.269 e. The molecule has 6 nitrogen and oxygen atoms in total. The van der Waals surface area contributed by atoms with Crippen LogP contribution in [0.5, 0.6) is 11.5 Å². The lowest BCUT2D eigenvalue weighted by Crippen LogP contribution is -2.18.